The zero-order chi connectivity index (χ0) is 11.4. The van der Waals surface area contributed by atoms with E-state index in [1.54, 1.807) is 6.07 Å². The molecule has 1 aromatic rings. The summed E-state index contributed by atoms with van der Waals surface area (Å²) in [6.07, 6.45) is -0.0865. The topological polar surface area (TPSA) is 90.7 Å². The molecule has 0 atom stereocenters. The Morgan fingerprint density at radius 2 is 2.00 bits per heavy atom. The highest BCUT2D eigenvalue weighted by molar-refractivity contribution is 9.10. The molecule has 0 spiro atoms. The van der Waals surface area contributed by atoms with Gasteiger partial charge in [-0.3, -0.25) is 4.98 Å². The maximum absolute atomic E-state index is 10.6. The molecule has 0 aliphatic heterocycles. The van der Waals surface area contributed by atoms with Gasteiger partial charge in [0.25, 0.3) is 0 Å². The highest BCUT2D eigenvalue weighted by atomic mass is 79.9. The molecule has 6 nitrogen and oxygen atoms in total. The van der Waals surface area contributed by atoms with Gasteiger partial charge in [0.2, 0.25) is 0 Å². The van der Waals surface area contributed by atoms with Crippen LogP contribution in [0.3, 0.4) is 0 Å². The SMILES string of the molecule is O=C(O)N(Cc1ccncc1Br)C(=O)O. The van der Waals surface area contributed by atoms with Crippen LogP contribution in [0.5, 0.6) is 0 Å². The quantitative estimate of drug-likeness (QED) is 0.861. The summed E-state index contributed by atoms with van der Waals surface area (Å²) in [5.74, 6) is 0. The van der Waals surface area contributed by atoms with Crippen molar-refractivity contribution in [3.8, 4) is 0 Å². The van der Waals surface area contributed by atoms with Crippen LogP contribution in [0.1, 0.15) is 5.56 Å². The molecule has 2 amide bonds. The lowest BCUT2D eigenvalue weighted by Gasteiger charge is -2.13. The second kappa shape index (κ2) is 4.74. The van der Waals surface area contributed by atoms with E-state index in [4.69, 9.17) is 10.2 Å². The number of imide groups is 1. The third-order valence-corrected chi connectivity index (χ3v) is 2.36. The molecular formula is C8H7BrN2O4. The third-order valence-electron chi connectivity index (χ3n) is 1.65. The Balaban J connectivity index is 2.88. The minimum Gasteiger partial charge on any atom is -0.465 e. The number of halogens is 1. The molecule has 7 heteroatoms. The number of pyridine rings is 1. The van der Waals surface area contributed by atoms with Gasteiger partial charge in [0, 0.05) is 16.9 Å². The minimum absolute atomic E-state index is 0.228. The molecule has 1 rings (SSSR count). The number of hydrogen-bond donors (Lipinski definition) is 2. The highest BCUT2D eigenvalue weighted by Gasteiger charge is 2.20. The molecule has 0 fully saturated rings. The van der Waals surface area contributed by atoms with Gasteiger partial charge >= 0.3 is 12.2 Å². The number of carboxylic acid groups (broad SMARTS) is 2. The predicted octanol–water partition coefficient (Wildman–Crippen LogP) is 2.00. The standard InChI is InChI=1S/C8H7BrN2O4/c9-6-3-10-2-1-5(6)4-11(7(12)13)8(14)15/h1-3H,4H2,(H,12,13)(H,14,15). The van der Waals surface area contributed by atoms with Gasteiger partial charge in [-0.1, -0.05) is 0 Å². The molecule has 0 radical (unpaired) electrons. The van der Waals surface area contributed by atoms with E-state index in [2.05, 4.69) is 20.9 Å². The normalized spacial score (nSPS) is 9.67. The number of hydrogen-bond acceptors (Lipinski definition) is 3. The molecule has 2 N–H and O–H groups in total. The molecule has 1 aromatic heterocycles. The molecule has 0 bridgehead atoms. The summed E-state index contributed by atoms with van der Waals surface area (Å²) in [6.45, 7) is -0.228. The highest BCUT2D eigenvalue weighted by Crippen LogP contribution is 2.16. The van der Waals surface area contributed by atoms with Crippen LogP contribution in [0.15, 0.2) is 22.9 Å². The fourth-order valence-corrected chi connectivity index (χ4v) is 1.30. The van der Waals surface area contributed by atoms with Crippen LogP contribution in [-0.4, -0.2) is 32.3 Å². The van der Waals surface area contributed by atoms with Crippen molar-refractivity contribution >= 4 is 28.1 Å². The summed E-state index contributed by atoms with van der Waals surface area (Å²) < 4.78 is 0.567. The van der Waals surface area contributed by atoms with E-state index in [-0.39, 0.29) is 6.54 Å². The molecule has 15 heavy (non-hydrogen) atoms. The van der Waals surface area contributed by atoms with Crippen LogP contribution < -0.4 is 0 Å². The maximum Gasteiger partial charge on any atom is 0.417 e. The molecule has 0 saturated heterocycles. The second-order valence-corrected chi connectivity index (χ2v) is 3.47. The van der Waals surface area contributed by atoms with Gasteiger partial charge in [-0.15, -0.1) is 0 Å². The van der Waals surface area contributed by atoms with E-state index in [1.165, 1.54) is 12.4 Å². The fraction of sp³-hybridized carbons (Fsp3) is 0.125. The summed E-state index contributed by atoms with van der Waals surface area (Å²) in [5.41, 5.74) is 0.537. The van der Waals surface area contributed by atoms with Crippen LogP contribution in [0, 0.1) is 0 Å². The second-order valence-electron chi connectivity index (χ2n) is 2.62. The van der Waals surface area contributed by atoms with Crippen LogP contribution in [0.4, 0.5) is 9.59 Å². The predicted molar refractivity (Wildman–Crippen MR) is 53.5 cm³/mol. The van der Waals surface area contributed by atoms with Gasteiger partial charge in [0.1, 0.15) is 0 Å². The van der Waals surface area contributed by atoms with Gasteiger partial charge in [-0.2, -0.15) is 0 Å². The van der Waals surface area contributed by atoms with Crippen molar-refractivity contribution in [1.29, 1.82) is 0 Å². The van der Waals surface area contributed by atoms with E-state index >= 15 is 0 Å². The van der Waals surface area contributed by atoms with Gasteiger partial charge in [-0.25, -0.2) is 14.5 Å². The first-order valence-electron chi connectivity index (χ1n) is 3.84. The lowest BCUT2D eigenvalue weighted by atomic mass is 10.2. The number of amides is 2. The van der Waals surface area contributed by atoms with Crippen LogP contribution in [0.25, 0.3) is 0 Å². The maximum atomic E-state index is 10.6. The Kier molecular flexibility index (Phi) is 3.62. The van der Waals surface area contributed by atoms with Crippen molar-refractivity contribution in [2.75, 3.05) is 0 Å². The lowest BCUT2D eigenvalue weighted by Crippen LogP contribution is -2.33. The molecule has 0 saturated carbocycles. The van der Waals surface area contributed by atoms with Crippen LogP contribution in [-0.2, 0) is 6.54 Å². The Labute approximate surface area is 93.3 Å². The zero-order valence-electron chi connectivity index (χ0n) is 7.42. The van der Waals surface area contributed by atoms with E-state index in [1.807, 2.05) is 0 Å². The Hall–Kier alpha value is -1.63. The lowest BCUT2D eigenvalue weighted by molar-refractivity contribution is 0.120. The van der Waals surface area contributed by atoms with Crippen molar-refractivity contribution in [1.82, 2.24) is 9.88 Å². The number of nitrogens with zero attached hydrogens (tertiary/aromatic N) is 2. The van der Waals surface area contributed by atoms with Crippen molar-refractivity contribution in [3.63, 3.8) is 0 Å². The van der Waals surface area contributed by atoms with Crippen LogP contribution in [0.2, 0.25) is 0 Å². The molecule has 0 aromatic carbocycles. The summed E-state index contributed by atoms with van der Waals surface area (Å²) in [4.78, 5) is 25.2. The van der Waals surface area contributed by atoms with E-state index < -0.39 is 12.2 Å². The van der Waals surface area contributed by atoms with Crippen LogP contribution >= 0.6 is 15.9 Å². The first-order chi connectivity index (χ1) is 7.02. The average Bonchev–Trinajstić information content (AvgIpc) is 2.15. The average molecular weight is 275 g/mol. The summed E-state index contributed by atoms with van der Waals surface area (Å²) in [6, 6.07) is 1.54. The first-order valence-corrected chi connectivity index (χ1v) is 4.63. The Morgan fingerprint density at radius 3 is 2.47 bits per heavy atom. The van der Waals surface area contributed by atoms with E-state index in [0.717, 1.165) is 0 Å². The Morgan fingerprint density at radius 1 is 1.40 bits per heavy atom. The van der Waals surface area contributed by atoms with Crippen molar-refractivity contribution < 1.29 is 19.8 Å². The van der Waals surface area contributed by atoms with Gasteiger partial charge in [0.15, 0.2) is 0 Å². The number of rotatable bonds is 2. The molecule has 1 heterocycles. The summed E-state index contributed by atoms with van der Waals surface area (Å²) >= 11 is 3.15. The third kappa shape index (κ3) is 2.91. The van der Waals surface area contributed by atoms with Crippen molar-refractivity contribution in [2.24, 2.45) is 0 Å². The van der Waals surface area contributed by atoms with Gasteiger partial charge in [-0.05, 0) is 27.6 Å². The molecule has 0 aliphatic rings. The zero-order valence-corrected chi connectivity index (χ0v) is 9.01. The van der Waals surface area contributed by atoms with Gasteiger partial charge < -0.3 is 10.2 Å². The van der Waals surface area contributed by atoms with Gasteiger partial charge in [0.05, 0.1) is 6.54 Å². The van der Waals surface area contributed by atoms with Crippen molar-refractivity contribution in [3.05, 3.63) is 28.5 Å². The Bertz CT molecular complexity index is 382. The number of aromatic nitrogens is 1. The van der Waals surface area contributed by atoms with E-state index in [9.17, 15) is 9.59 Å². The molecule has 0 aliphatic carbocycles. The smallest absolute Gasteiger partial charge is 0.417 e. The van der Waals surface area contributed by atoms with E-state index in [0.29, 0.717) is 14.9 Å². The largest absolute Gasteiger partial charge is 0.465 e. The first kappa shape index (κ1) is 11.4. The monoisotopic (exact) mass is 274 g/mol. The minimum atomic E-state index is -1.51. The summed E-state index contributed by atoms with van der Waals surface area (Å²) in [7, 11) is 0. The van der Waals surface area contributed by atoms with Crippen molar-refractivity contribution in [2.45, 2.75) is 6.54 Å². The molecule has 0 unspecified atom stereocenters. The number of carbonyl (C=O) groups is 2. The molecule has 80 valence electrons. The fourth-order valence-electron chi connectivity index (χ4n) is 0.920. The summed E-state index contributed by atoms with van der Waals surface area (Å²) in [5, 5.41) is 17.2. The molecular weight excluding hydrogens is 268 g/mol.